The summed E-state index contributed by atoms with van der Waals surface area (Å²) in [6.07, 6.45) is 0.811. The van der Waals surface area contributed by atoms with E-state index in [1.165, 1.54) is 5.56 Å². The highest BCUT2D eigenvalue weighted by Gasteiger charge is 2.41. The fourth-order valence-electron chi connectivity index (χ4n) is 3.47. The van der Waals surface area contributed by atoms with E-state index in [4.69, 9.17) is 4.74 Å². The molecule has 5 nitrogen and oxygen atoms in total. The van der Waals surface area contributed by atoms with E-state index in [1.807, 2.05) is 11.8 Å². The maximum absolute atomic E-state index is 12.8. The Kier molecular flexibility index (Phi) is 4.69. The van der Waals surface area contributed by atoms with Gasteiger partial charge in [0.1, 0.15) is 0 Å². The highest BCUT2D eigenvalue weighted by molar-refractivity contribution is 5.98. The predicted octanol–water partition coefficient (Wildman–Crippen LogP) is 3.60. The molecule has 1 N–H and O–H groups in total. The number of carbonyl (C=O) groups excluding carboxylic acids is 1. The van der Waals surface area contributed by atoms with Gasteiger partial charge in [-0.1, -0.05) is 45.0 Å². The Labute approximate surface area is 149 Å². The monoisotopic (exact) mass is 341 g/mol. The van der Waals surface area contributed by atoms with Crippen molar-refractivity contribution in [3.05, 3.63) is 52.3 Å². The summed E-state index contributed by atoms with van der Waals surface area (Å²) >= 11 is 0. The van der Waals surface area contributed by atoms with E-state index in [9.17, 15) is 4.79 Å². The number of H-pyrrole nitrogens is 1. The molecule has 1 aliphatic rings. The first-order valence-corrected chi connectivity index (χ1v) is 8.80. The number of hydrogen-bond donors (Lipinski definition) is 1. The van der Waals surface area contributed by atoms with E-state index in [2.05, 4.69) is 55.2 Å². The summed E-state index contributed by atoms with van der Waals surface area (Å²) in [6.45, 7) is 9.90. The summed E-state index contributed by atoms with van der Waals surface area (Å²) < 4.78 is 5.15. The number of hydrogen-bond acceptors (Lipinski definition) is 3. The number of aryl methyl sites for hydroxylation is 1. The van der Waals surface area contributed by atoms with Crippen molar-refractivity contribution in [1.29, 1.82) is 0 Å². The van der Waals surface area contributed by atoms with Crippen LogP contribution in [-0.4, -0.2) is 41.3 Å². The maximum Gasteiger partial charge on any atom is 0.275 e. The predicted molar refractivity (Wildman–Crippen MR) is 97.8 cm³/mol. The number of amides is 1. The average molecular weight is 341 g/mol. The van der Waals surface area contributed by atoms with Crippen molar-refractivity contribution >= 4 is 5.91 Å². The number of nitrogens with zero attached hydrogens (tertiary/aromatic N) is 2. The first kappa shape index (κ1) is 17.7. The number of aromatic amines is 1. The van der Waals surface area contributed by atoms with Crippen molar-refractivity contribution in [3.63, 3.8) is 0 Å². The fraction of sp³-hybridized carbons (Fsp3) is 0.500. The number of carbonyl (C=O) groups is 1. The molecular weight excluding hydrogens is 314 g/mol. The Morgan fingerprint density at radius 3 is 2.52 bits per heavy atom. The second kappa shape index (κ2) is 6.64. The lowest BCUT2D eigenvalue weighted by Crippen LogP contribution is -2.31. The van der Waals surface area contributed by atoms with Crippen molar-refractivity contribution in [2.45, 2.75) is 45.6 Å². The summed E-state index contributed by atoms with van der Waals surface area (Å²) in [7, 11) is 1.68. The molecule has 134 valence electrons. The van der Waals surface area contributed by atoms with Crippen LogP contribution in [-0.2, 0) is 10.2 Å². The van der Waals surface area contributed by atoms with E-state index in [0.29, 0.717) is 18.8 Å². The number of ether oxygens (including phenoxy) is 1. The lowest BCUT2D eigenvalue weighted by Gasteiger charge is -2.27. The Bertz CT molecular complexity index is 756. The van der Waals surface area contributed by atoms with Crippen LogP contribution >= 0.6 is 0 Å². The molecule has 1 aromatic heterocycles. The minimum atomic E-state index is -0.0767. The molecule has 0 unspecified atom stereocenters. The Balaban J connectivity index is 1.97. The molecule has 0 bridgehead atoms. The van der Waals surface area contributed by atoms with Crippen LogP contribution in [0.5, 0.6) is 0 Å². The highest BCUT2D eigenvalue weighted by atomic mass is 16.5. The van der Waals surface area contributed by atoms with Gasteiger partial charge in [-0.3, -0.25) is 9.89 Å². The summed E-state index contributed by atoms with van der Waals surface area (Å²) in [6, 6.07) is 8.54. The topological polar surface area (TPSA) is 58.2 Å². The molecule has 0 radical (unpaired) electrons. The molecule has 5 heteroatoms. The maximum atomic E-state index is 12.8. The second-order valence-corrected chi connectivity index (χ2v) is 7.73. The van der Waals surface area contributed by atoms with Gasteiger partial charge in [-0.25, -0.2) is 0 Å². The largest absolute Gasteiger partial charge is 0.385 e. The van der Waals surface area contributed by atoms with Crippen LogP contribution in [0, 0.1) is 6.92 Å². The normalized spacial score (nSPS) is 17.2. The molecule has 2 heterocycles. The van der Waals surface area contributed by atoms with Crippen molar-refractivity contribution in [2.24, 2.45) is 0 Å². The van der Waals surface area contributed by atoms with E-state index in [1.54, 1.807) is 7.11 Å². The van der Waals surface area contributed by atoms with E-state index in [0.717, 1.165) is 23.2 Å². The van der Waals surface area contributed by atoms with E-state index in [-0.39, 0.29) is 17.4 Å². The van der Waals surface area contributed by atoms with Crippen LogP contribution < -0.4 is 0 Å². The zero-order chi connectivity index (χ0) is 18.2. The van der Waals surface area contributed by atoms with E-state index < -0.39 is 0 Å². The minimum Gasteiger partial charge on any atom is -0.385 e. The number of fused-ring (bicyclic) bond motifs is 1. The SMILES string of the molecule is COCCCN1C(=O)c2n[nH]c(C)c2[C@H]1c1ccc(C(C)(C)C)cc1. The lowest BCUT2D eigenvalue weighted by molar-refractivity contribution is 0.0722. The quantitative estimate of drug-likeness (QED) is 0.846. The first-order valence-electron chi connectivity index (χ1n) is 8.80. The third-order valence-corrected chi connectivity index (χ3v) is 4.88. The summed E-state index contributed by atoms with van der Waals surface area (Å²) in [5.41, 5.74) is 5.05. The summed E-state index contributed by atoms with van der Waals surface area (Å²) in [4.78, 5) is 14.7. The van der Waals surface area contributed by atoms with Crippen molar-refractivity contribution in [1.82, 2.24) is 15.1 Å². The molecule has 2 aromatic rings. The zero-order valence-corrected chi connectivity index (χ0v) is 15.7. The van der Waals surface area contributed by atoms with Gasteiger partial charge >= 0.3 is 0 Å². The van der Waals surface area contributed by atoms with Gasteiger partial charge in [-0.05, 0) is 29.9 Å². The number of nitrogens with one attached hydrogen (secondary N) is 1. The van der Waals surface area contributed by atoms with Crippen LogP contribution in [0.1, 0.15) is 66.1 Å². The molecule has 1 amide bonds. The Morgan fingerprint density at radius 1 is 1.24 bits per heavy atom. The molecule has 1 atom stereocenters. The smallest absolute Gasteiger partial charge is 0.275 e. The number of aromatic nitrogens is 2. The molecular formula is C20H27N3O2. The first-order chi connectivity index (χ1) is 11.8. The molecule has 25 heavy (non-hydrogen) atoms. The third-order valence-electron chi connectivity index (χ3n) is 4.88. The molecule has 0 saturated carbocycles. The van der Waals surface area contributed by atoms with Gasteiger partial charge < -0.3 is 9.64 Å². The number of methoxy groups -OCH3 is 1. The second-order valence-electron chi connectivity index (χ2n) is 7.73. The minimum absolute atomic E-state index is 0.000325. The van der Waals surface area contributed by atoms with Gasteiger partial charge in [0.25, 0.3) is 5.91 Å². The molecule has 0 fully saturated rings. The molecule has 1 aromatic carbocycles. The molecule has 3 rings (SSSR count). The third kappa shape index (κ3) is 3.21. The van der Waals surface area contributed by atoms with Gasteiger partial charge in [0.15, 0.2) is 5.69 Å². The standard InChI is InChI=1S/C20H27N3O2/c1-13-16-17(22-21-13)19(24)23(11-6-12-25-5)18(16)14-7-9-15(10-8-14)20(2,3)4/h7-10,18H,6,11-12H2,1-5H3,(H,21,22)/t18-/m1/s1. The molecule has 1 aliphatic heterocycles. The van der Waals surface area contributed by atoms with Crippen molar-refractivity contribution in [3.8, 4) is 0 Å². The van der Waals surface area contributed by atoms with Crippen LogP contribution in [0.4, 0.5) is 0 Å². The van der Waals surface area contributed by atoms with Crippen molar-refractivity contribution < 1.29 is 9.53 Å². The Hall–Kier alpha value is -2.14. The molecule has 0 saturated heterocycles. The van der Waals surface area contributed by atoms with Gasteiger partial charge in [0, 0.05) is 31.5 Å². The Morgan fingerprint density at radius 2 is 1.92 bits per heavy atom. The van der Waals surface area contributed by atoms with Crippen LogP contribution in [0.2, 0.25) is 0 Å². The lowest BCUT2D eigenvalue weighted by atomic mass is 9.86. The molecule has 0 aliphatic carbocycles. The zero-order valence-electron chi connectivity index (χ0n) is 15.7. The summed E-state index contributed by atoms with van der Waals surface area (Å²) in [5.74, 6) is 0.000325. The molecule has 0 spiro atoms. The highest BCUT2D eigenvalue weighted by Crippen LogP contribution is 2.39. The number of benzene rings is 1. The van der Waals surface area contributed by atoms with Gasteiger partial charge in [-0.2, -0.15) is 5.10 Å². The van der Waals surface area contributed by atoms with E-state index >= 15 is 0 Å². The van der Waals surface area contributed by atoms with Crippen LogP contribution in [0.3, 0.4) is 0 Å². The number of rotatable bonds is 5. The fourth-order valence-corrected chi connectivity index (χ4v) is 3.47. The van der Waals surface area contributed by atoms with Crippen molar-refractivity contribution in [2.75, 3.05) is 20.3 Å². The van der Waals surface area contributed by atoms with Crippen LogP contribution in [0.15, 0.2) is 24.3 Å². The average Bonchev–Trinajstić information content (AvgIpc) is 3.07. The van der Waals surface area contributed by atoms with Gasteiger partial charge in [-0.15, -0.1) is 0 Å². The van der Waals surface area contributed by atoms with Gasteiger partial charge in [0.05, 0.1) is 6.04 Å². The van der Waals surface area contributed by atoms with Gasteiger partial charge in [0.2, 0.25) is 0 Å². The summed E-state index contributed by atoms with van der Waals surface area (Å²) in [5, 5.41) is 7.21. The van der Waals surface area contributed by atoms with Crippen LogP contribution in [0.25, 0.3) is 0 Å².